The Labute approximate surface area is 174 Å². The van der Waals surface area contributed by atoms with E-state index in [-0.39, 0.29) is 12.0 Å². The van der Waals surface area contributed by atoms with E-state index in [1.54, 1.807) is 0 Å². The molecule has 1 unspecified atom stereocenters. The number of quaternary nitrogens is 1. The standard InChI is InChI=1S/C20H26N8O2/c1-3-27(20(29)30)13-5-4-8-28(2,11-13)17-10-15(23-19(22)24-17)12-6-7-14-16(9-12)25-26-18(14)21/h6-7,9-10,13H,3-5,8,11H2,1-2H3,(H5-,21,22,23,24,25,26,29,30)/p+1/t13-,28?/m1/s1. The Morgan fingerprint density at radius 3 is 2.87 bits per heavy atom. The van der Waals surface area contributed by atoms with Crippen LogP contribution >= 0.6 is 0 Å². The van der Waals surface area contributed by atoms with Gasteiger partial charge in [-0.05, 0) is 31.9 Å². The number of nitrogens with one attached hydrogen (secondary N) is 1. The Bertz CT molecular complexity index is 1100. The predicted octanol–water partition coefficient (Wildman–Crippen LogP) is 2.28. The number of nitrogen functional groups attached to an aromatic ring is 2. The minimum Gasteiger partial charge on any atom is -0.465 e. The van der Waals surface area contributed by atoms with E-state index < -0.39 is 6.09 Å². The molecule has 1 amide bonds. The monoisotopic (exact) mass is 411 g/mol. The fraction of sp³-hybridized carbons (Fsp3) is 0.400. The van der Waals surface area contributed by atoms with E-state index in [1.165, 1.54) is 4.90 Å². The Morgan fingerprint density at radius 2 is 2.13 bits per heavy atom. The molecule has 0 radical (unpaired) electrons. The van der Waals surface area contributed by atoms with E-state index in [2.05, 4.69) is 27.2 Å². The van der Waals surface area contributed by atoms with Crippen LogP contribution in [0.2, 0.25) is 0 Å². The maximum absolute atomic E-state index is 11.6. The van der Waals surface area contributed by atoms with Gasteiger partial charge in [-0.2, -0.15) is 10.1 Å². The third kappa shape index (κ3) is 3.50. The Kier molecular flexibility index (Phi) is 4.94. The van der Waals surface area contributed by atoms with Crippen molar-refractivity contribution in [1.29, 1.82) is 0 Å². The van der Waals surface area contributed by atoms with E-state index >= 15 is 0 Å². The van der Waals surface area contributed by atoms with Crippen LogP contribution in [0.15, 0.2) is 24.3 Å². The number of rotatable bonds is 4. The van der Waals surface area contributed by atoms with Gasteiger partial charge in [-0.3, -0.25) is 14.5 Å². The lowest BCUT2D eigenvalue weighted by Gasteiger charge is -2.42. The molecular weight excluding hydrogens is 384 g/mol. The third-order valence-corrected chi connectivity index (χ3v) is 6.00. The van der Waals surface area contributed by atoms with E-state index in [1.807, 2.05) is 31.2 Å². The first-order valence-electron chi connectivity index (χ1n) is 10.0. The lowest BCUT2D eigenvalue weighted by Crippen LogP contribution is -2.59. The molecule has 1 aliphatic heterocycles. The summed E-state index contributed by atoms with van der Waals surface area (Å²) >= 11 is 0. The summed E-state index contributed by atoms with van der Waals surface area (Å²) in [5.74, 6) is 1.43. The fourth-order valence-corrected chi connectivity index (χ4v) is 4.41. The van der Waals surface area contributed by atoms with Gasteiger partial charge in [0.1, 0.15) is 6.54 Å². The molecule has 10 heteroatoms. The van der Waals surface area contributed by atoms with Crippen LogP contribution < -0.4 is 16.0 Å². The molecule has 3 heterocycles. The molecule has 3 aromatic rings. The number of nitrogens with zero attached hydrogens (tertiary/aromatic N) is 5. The van der Waals surface area contributed by atoms with Gasteiger partial charge in [0, 0.05) is 23.6 Å². The zero-order chi connectivity index (χ0) is 21.5. The summed E-state index contributed by atoms with van der Waals surface area (Å²) in [7, 11) is 2.08. The van der Waals surface area contributed by atoms with Crippen molar-refractivity contribution in [3.05, 3.63) is 24.3 Å². The molecule has 6 N–H and O–H groups in total. The van der Waals surface area contributed by atoms with Crippen LogP contribution in [-0.2, 0) is 0 Å². The number of carboxylic acid groups (broad SMARTS) is 1. The zero-order valence-corrected chi connectivity index (χ0v) is 17.2. The second kappa shape index (κ2) is 7.45. The van der Waals surface area contributed by atoms with Crippen molar-refractivity contribution in [1.82, 2.24) is 29.5 Å². The summed E-state index contributed by atoms with van der Waals surface area (Å²) in [6.45, 7) is 3.84. The van der Waals surface area contributed by atoms with Crippen molar-refractivity contribution >= 4 is 34.6 Å². The molecular formula is C20H27N8O2+. The minimum absolute atomic E-state index is 0.0600. The van der Waals surface area contributed by atoms with Crippen molar-refractivity contribution in [3.63, 3.8) is 0 Å². The van der Waals surface area contributed by atoms with Gasteiger partial charge in [0.2, 0.25) is 11.8 Å². The smallest absolute Gasteiger partial charge is 0.407 e. The third-order valence-electron chi connectivity index (χ3n) is 6.00. The number of fused-ring (bicyclic) bond motifs is 1. The first-order valence-corrected chi connectivity index (χ1v) is 10.0. The highest BCUT2D eigenvalue weighted by molar-refractivity contribution is 5.91. The number of aromatic amines is 1. The summed E-state index contributed by atoms with van der Waals surface area (Å²) in [5, 5.41) is 17.4. The van der Waals surface area contributed by atoms with Gasteiger partial charge < -0.3 is 16.6 Å². The van der Waals surface area contributed by atoms with Crippen LogP contribution in [0.5, 0.6) is 0 Å². The molecule has 4 rings (SSSR count). The second-order valence-corrected chi connectivity index (χ2v) is 8.01. The van der Waals surface area contributed by atoms with Crippen molar-refractivity contribution in [2.75, 3.05) is 38.1 Å². The average molecular weight is 411 g/mol. The van der Waals surface area contributed by atoms with Crippen molar-refractivity contribution in [2.24, 2.45) is 0 Å². The van der Waals surface area contributed by atoms with Gasteiger partial charge in [-0.25, -0.2) is 9.78 Å². The van der Waals surface area contributed by atoms with Crippen LogP contribution in [0, 0.1) is 0 Å². The molecule has 30 heavy (non-hydrogen) atoms. The van der Waals surface area contributed by atoms with Crippen LogP contribution in [0.1, 0.15) is 19.8 Å². The number of likely N-dealkylation sites (tertiary alicyclic amines) is 1. The van der Waals surface area contributed by atoms with Crippen molar-refractivity contribution < 1.29 is 9.90 Å². The number of carbonyl (C=O) groups is 1. The topological polar surface area (TPSA) is 147 Å². The highest BCUT2D eigenvalue weighted by Crippen LogP contribution is 2.32. The Balaban J connectivity index is 1.70. The van der Waals surface area contributed by atoms with Gasteiger partial charge in [0.05, 0.1) is 30.8 Å². The number of benzene rings is 1. The predicted molar refractivity (Wildman–Crippen MR) is 117 cm³/mol. The van der Waals surface area contributed by atoms with E-state index in [0.29, 0.717) is 29.1 Å². The van der Waals surface area contributed by atoms with E-state index in [0.717, 1.165) is 41.7 Å². The number of anilines is 2. The Morgan fingerprint density at radius 1 is 1.33 bits per heavy atom. The van der Waals surface area contributed by atoms with Crippen LogP contribution in [0.4, 0.5) is 22.4 Å². The zero-order valence-electron chi connectivity index (χ0n) is 17.2. The van der Waals surface area contributed by atoms with Gasteiger partial charge in [0.25, 0.3) is 0 Å². The van der Waals surface area contributed by atoms with Gasteiger partial charge in [-0.15, -0.1) is 0 Å². The molecule has 0 spiro atoms. The molecule has 2 atom stereocenters. The highest BCUT2D eigenvalue weighted by Gasteiger charge is 2.38. The van der Waals surface area contributed by atoms with Crippen LogP contribution in [0.3, 0.4) is 0 Å². The summed E-state index contributed by atoms with van der Waals surface area (Å²) in [6, 6.07) is 7.65. The molecule has 158 valence electrons. The summed E-state index contributed by atoms with van der Waals surface area (Å²) in [6.07, 6.45) is 0.870. The SMILES string of the molecule is CCN(C(=O)O)[C@@H]1CCC[N+](C)(c2cc(-c3ccc4c(N)n[nH]c4c3)nc(N)n2)C1. The van der Waals surface area contributed by atoms with E-state index in [4.69, 9.17) is 11.5 Å². The number of aromatic nitrogens is 4. The Hall–Kier alpha value is -3.40. The summed E-state index contributed by atoms with van der Waals surface area (Å²) < 4.78 is 0.507. The quantitative estimate of drug-likeness (QED) is 0.481. The van der Waals surface area contributed by atoms with Crippen molar-refractivity contribution in [3.8, 4) is 11.3 Å². The number of piperidine rings is 1. The number of nitrogens with two attached hydrogens (primary N) is 2. The second-order valence-electron chi connectivity index (χ2n) is 8.01. The van der Waals surface area contributed by atoms with Gasteiger partial charge in [-0.1, -0.05) is 6.07 Å². The number of hydrogen-bond acceptors (Lipinski definition) is 6. The molecule has 1 fully saturated rings. The largest absolute Gasteiger partial charge is 0.465 e. The minimum atomic E-state index is -0.883. The van der Waals surface area contributed by atoms with E-state index in [9.17, 15) is 9.90 Å². The summed E-state index contributed by atoms with van der Waals surface area (Å²) in [4.78, 5) is 22.1. The number of hydrogen-bond donors (Lipinski definition) is 4. The molecule has 0 bridgehead atoms. The molecule has 1 aliphatic rings. The normalized spacial score (nSPS) is 21.6. The van der Waals surface area contributed by atoms with Gasteiger partial charge >= 0.3 is 6.09 Å². The maximum atomic E-state index is 11.6. The molecule has 1 saturated heterocycles. The number of H-pyrrole nitrogens is 1. The number of likely N-dealkylation sites (N-methyl/N-ethyl adjacent to an activating group) is 2. The molecule has 0 aliphatic carbocycles. The van der Waals surface area contributed by atoms with Crippen molar-refractivity contribution in [2.45, 2.75) is 25.8 Å². The average Bonchev–Trinajstić information content (AvgIpc) is 3.08. The van der Waals surface area contributed by atoms with Crippen LogP contribution in [-0.4, -0.2) is 69.0 Å². The highest BCUT2D eigenvalue weighted by atomic mass is 16.4. The molecule has 2 aromatic heterocycles. The maximum Gasteiger partial charge on any atom is 0.407 e. The lowest BCUT2D eigenvalue weighted by molar-refractivity contribution is 0.0955. The van der Waals surface area contributed by atoms with Crippen LogP contribution in [0.25, 0.3) is 22.2 Å². The lowest BCUT2D eigenvalue weighted by atomic mass is 10.0. The molecule has 1 aromatic carbocycles. The number of amides is 1. The fourth-order valence-electron chi connectivity index (χ4n) is 4.41. The molecule has 0 saturated carbocycles. The first kappa shape index (κ1) is 19.9. The first-order chi connectivity index (χ1) is 14.3. The van der Waals surface area contributed by atoms with Gasteiger partial charge in [0.15, 0.2) is 5.82 Å². The summed E-state index contributed by atoms with van der Waals surface area (Å²) in [5.41, 5.74) is 14.3. The molecule has 10 nitrogen and oxygen atoms in total.